The molecule has 1 aromatic heterocycles. The fourth-order valence-corrected chi connectivity index (χ4v) is 2.96. The van der Waals surface area contributed by atoms with Crippen molar-refractivity contribution in [1.29, 1.82) is 0 Å². The smallest absolute Gasteiger partial charge is 0.477 e. The number of aromatic carboxylic acids is 1. The number of amides is 1. The molecule has 0 unspecified atom stereocenters. The predicted octanol–water partition coefficient (Wildman–Crippen LogP) is 0.986. The van der Waals surface area contributed by atoms with Crippen LogP contribution in [-0.4, -0.2) is 60.3 Å². The van der Waals surface area contributed by atoms with Crippen LogP contribution in [-0.2, 0) is 16.0 Å². The Kier molecular flexibility index (Phi) is 6.09. The van der Waals surface area contributed by atoms with E-state index in [1.807, 2.05) is 0 Å². The fraction of sp³-hybridized carbons (Fsp3) is 0.263. The van der Waals surface area contributed by atoms with Crippen molar-refractivity contribution < 1.29 is 38.1 Å². The Morgan fingerprint density at radius 3 is 2.48 bits per heavy atom. The van der Waals surface area contributed by atoms with E-state index in [0.29, 0.717) is 5.56 Å². The summed E-state index contributed by atoms with van der Waals surface area (Å²) in [5.74, 6) is -3.16. The van der Waals surface area contributed by atoms with Gasteiger partial charge >= 0.3 is 12.1 Å². The van der Waals surface area contributed by atoms with Crippen LogP contribution >= 0.6 is 0 Å². The van der Waals surface area contributed by atoms with E-state index in [9.17, 15) is 28.7 Å². The molecule has 0 radical (unpaired) electrons. The number of ether oxygens (including phenoxy) is 3. The number of hydrogen-bond acceptors (Lipinski definition) is 8. The average Bonchev–Trinajstić information content (AvgIpc) is 2.73. The van der Waals surface area contributed by atoms with Crippen LogP contribution in [0.1, 0.15) is 26.4 Å². The van der Waals surface area contributed by atoms with Crippen LogP contribution in [0.5, 0.6) is 5.75 Å². The molecule has 164 valence electrons. The molecule has 1 aliphatic heterocycles. The maximum Gasteiger partial charge on any atom is 0.510 e. The van der Waals surface area contributed by atoms with Gasteiger partial charge in [0.25, 0.3) is 5.91 Å². The third-order valence-electron chi connectivity index (χ3n) is 4.43. The van der Waals surface area contributed by atoms with Crippen molar-refractivity contribution in [3.8, 4) is 5.75 Å². The second-order valence-corrected chi connectivity index (χ2v) is 6.50. The lowest BCUT2D eigenvalue weighted by molar-refractivity contribution is 0.0134. The molecule has 11 nitrogen and oxygen atoms in total. The van der Waals surface area contributed by atoms with E-state index in [-0.39, 0.29) is 18.9 Å². The van der Waals surface area contributed by atoms with E-state index < -0.39 is 47.4 Å². The number of carboxylic acid groups (broad SMARTS) is 1. The summed E-state index contributed by atoms with van der Waals surface area (Å²) in [4.78, 5) is 49.5. The molecule has 3 rings (SSSR count). The number of benzene rings is 1. The minimum Gasteiger partial charge on any atom is -0.477 e. The average molecular weight is 435 g/mol. The summed E-state index contributed by atoms with van der Waals surface area (Å²) in [7, 11) is 2.55. The van der Waals surface area contributed by atoms with Gasteiger partial charge in [-0.15, -0.1) is 0 Å². The first kappa shape index (κ1) is 21.6. The normalized spacial score (nSPS) is 12.9. The highest BCUT2D eigenvalue weighted by molar-refractivity contribution is 5.97. The number of carbonyl (C=O) groups is 3. The third-order valence-corrected chi connectivity index (χ3v) is 4.43. The molecule has 0 saturated heterocycles. The van der Waals surface area contributed by atoms with Gasteiger partial charge in [0.15, 0.2) is 5.69 Å². The van der Waals surface area contributed by atoms with Gasteiger partial charge in [0.05, 0.1) is 13.7 Å². The van der Waals surface area contributed by atoms with Crippen molar-refractivity contribution in [2.45, 2.75) is 6.54 Å². The van der Waals surface area contributed by atoms with Gasteiger partial charge in [-0.25, -0.2) is 14.0 Å². The molecule has 0 saturated carbocycles. The zero-order chi connectivity index (χ0) is 22.7. The summed E-state index contributed by atoms with van der Waals surface area (Å²) in [6.45, 7) is -0.582. The van der Waals surface area contributed by atoms with Crippen LogP contribution in [0.3, 0.4) is 0 Å². The molecular weight excluding hydrogens is 417 g/mol. The first-order chi connectivity index (χ1) is 14.7. The molecule has 0 fully saturated rings. The molecule has 1 aliphatic rings. The van der Waals surface area contributed by atoms with Gasteiger partial charge in [-0.05, 0) is 17.7 Å². The summed E-state index contributed by atoms with van der Waals surface area (Å²) in [5, 5.41) is 11.0. The molecule has 1 amide bonds. The Balaban J connectivity index is 2.08. The van der Waals surface area contributed by atoms with Gasteiger partial charge in [0.2, 0.25) is 18.0 Å². The molecule has 1 aromatic carbocycles. The van der Waals surface area contributed by atoms with Gasteiger partial charge in [-0.1, -0.05) is 12.1 Å². The Hall–Kier alpha value is -4.09. The van der Waals surface area contributed by atoms with Gasteiger partial charge in [0, 0.05) is 13.2 Å². The Morgan fingerprint density at radius 2 is 1.87 bits per heavy atom. The van der Waals surface area contributed by atoms with E-state index in [1.165, 1.54) is 40.9 Å². The van der Waals surface area contributed by atoms with Crippen LogP contribution in [0, 0.1) is 5.82 Å². The molecular formula is C19H18FN3O8. The number of carboxylic acids is 1. The molecule has 2 heterocycles. The number of pyridine rings is 1. The summed E-state index contributed by atoms with van der Waals surface area (Å²) >= 11 is 0. The van der Waals surface area contributed by atoms with Gasteiger partial charge in [0.1, 0.15) is 18.0 Å². The number of hydrogen-bond donors (Lipinski definition) is 1. The van der Waals surface area contributed by atoms with Crippen molar-refractivity contribution in [2.24, 2.45) is 0 Å². The summed E-state index contributed by atoms with van der Waals surface area (Å²) in [6.07, 6.45) is -0.0765. The Morgan fingerprint density at radius 1 is 1.19 bits per heavy atom. The first-order valence-electron chi connectivity index (χ1n) is 8.84. The van der Waals surface area contributed by atoms with E-state index in [4.69, 9.17) is 4.74 Å². The monoisotopic (exact) mass is 435 g/mol. The van der Waals surface area contributed by atoms with Crippen LogP contribution in [0.2, 0.25) is 0 Å². The number of rotatable bonds is 6. The number of fused-ring (bicyclic) bond motifs is 1. The maximum absolute atomic E-state index is 13.2. The number of aromatic nitrogens is 1. The minimum atomic E-state index is -1.54. The topological polar surface area (TPSA) is 128 Å². The lowest BCUT2D eigenvalue weighted by Gasteiger charge is -2.38. The molecule has 1 N–H and O–H groups in total. The van der Waals surface area contributed by atoms with Crippen LogP contribution in [0.4, 0.5) is 9.18 Å². The van der Waals surface area contributed by atoms with Crippen LogP contribution in [0.25, 0.3) is 0 Å². The van der Waals surface area contributed by atoms with Crippen molar-refractivity contribution >= 4 is 18.0 Å². The minimum absolute atomic E-state index is 0.0449. The second-order valence-electron chi connectivity index (χ2n) is 6.50. The fourth-order valence-electron chi connectivity index (χ4n) is 2.96. The van der Waals surface area contributed by atoms with Gasteiger partial charge < -0.3 is 24.2 Å². The van der Waals surface area contributed by atoms with Crippen LogP contribution in [0.15, 0.2) is 35.3 Å². The SMILES string of the molecule is COC(=O)OCOc1c2n(cc(C(=O)O)c1=O)N(Cc1ccc(F)cc1)CN(C)C2=O. The number of methoxy groups -OCH3 is 1. The maximum atomic E-state index is 13.2. The Bertz CT molecular complexity index is 1080. The van der Waals surface area contributed by atoms with E-state index in [0.717, 1.165) is 13.3 Å². The Labute approximate surface area is 174 Å². The third kappa shape index (κ3) is 4.42. The van der Waals surface area contributed by atoms with Crippen molar-refractivity contribution in [3.05, 3.63) is 63.3 Å². The van der Waals surface area contributed by atoms with Crippen molar-refractivity contribution in [3.63, 3.8) is 0 Å². The molecule has 31 heavy (non-hydrogen) atoms. The molecule has 2 aromatic rings. The molecule has 0 spiro atoms. The van der Waals surface area contributed by atoms with E-state index in [2.05, 4.69) is 9.47 Å². The van der Waals surface area contributed by atoms with Gasteiger partial charge in [-0.2, -0.15) is 0 Å². The van der Waals surface area contributed by atoms with E-state index in [1.54, 1.807) is 5.01 Å². The highest BCUT2D eigenvalue weighted by Gasteiger charge is 2.34. The zero-order valence-electron chi connectivity index (χ0n) is 16.5. The largest absolute Gasteiger partial charge is 0.510 e. The highest BCUT2D eigenvalue weighted by atomic mass is 19.1. The number of halogens is 1. The standard InChI is InChI=1S/C19H18FN3O8/c1-21-9-22(7-11-3-5-12(20)6-4-11)23-8-13(18(26)27)15(24)16(14(23)17(21)25)30-10-31-19(28)29-2/h3-6,8H,7,9-10H2,1-2H3,(H,26,27). The lowest BCUT2D eigenvalue weighted by atomic mass is 10.1. The number of carbonyl (C=O) groups excluding carboxylic acids is 2. The highest BCUT2D eigenvalue weighted by Crippen LogP contribution is 2.23. The van der Waals surface area contributed by atoms with Crippen molar-refractivity contribution in [2.75, 3.05) is 32.6 Å². The summed E-state index contributed by atoms with van der Waals surface area (Å²) < 4.78 is 28.5. The van der Waals surface area contributed by atoms with Crippen LogP contribution < -0.4 is 15.2 Å². The lowest BCUT2D eigenvalue weighted by Crippen LogP contribution is -2.53. The molecule has 0 aliphatic carbocycles. The van der Waals surface area contributed by atoms with Gasteiger partial charge in [-0.3, -0.25) is 19.3 Å². The number of nitrogens with zero attached hydrogens (tertiary/aromatic N) is 3. The predicted molar refractivity (Wildman–Crippen MR) is 102 cm³/mol. The summed E-state index contributed by atoms with van der Waals surface area (Å²) in [5.41, 5.74) is -1.29. The van der Waals surface area contributed by atoms with Crippen molar-refractivity contribution in [1.82, 2.24) is 9.58 Å². The molecule has 12 heteroatoms. The van der Waals surface area contributed by atoms with E-state index >= 15 is 0 Å². The first-order valence-corrected chi connectivity index (χ1v) is 8.84. The quantitative estimate of drug-likeness (QED) is 0.522. The summed E-state index contributed by atoms with van der Waals surface area (Å²) in [6, 6.07) is 5.60. The second kappa shape index (κ2) is 8.73. The molecule has 0 atom stereocenters. The zero-order valence-corrected chi connectivity index (χ0v) is 16.5. The molecule has 0 bridgehead atoms.